The molecule has 0 radical (unpaired) electrons. The molecular formula is C17H34N2O. The van der Waals surface area contributed by atoms with Gasteiger partial charge in [0.15, 0.2) is 0 Å². The largest absolute Gasteiger partial charge is 0.343 e. The summed E-state index contributed by atoms with van der Waals surface area (Å²) >= 11 is 0. The van der Waals surface area contributed by atoms with Crippen molar-refractivity contribution in [1.29, 1.82) is 0 Å². The van der Waals surface area contributed by atoms with E-state index in [0.29, 0.717) is 12.5 Å². The minimum atomic E-state index is 0.289. The molecule has 118 valence electrons. The van der Waals surface area contributed by atoms with Crippen LogP contribution >= 0.6 is 0 Å². The van der Waals surface area contributed by atoms with E-state index in [1.165, 1.54) is 32.1 Å². The van der Waals surface area contributed by atoms with Crippen molar-refractivity contribution in [3.8, 4) is 0 Å². The first kappa shape index (κ1) is 17.5. The van der Waals surface area contributed by atoms with E-state index in [0.717, 1.165) is 31.5 Å². The van der Waals surface area contributed by atoms with Crippen molar-refractivity contribution in [2.75, 3.05) is 19.6 Å². The zero-order valence-corrected chi connectivity index (χ0v) is 14.0. The molecular weight excluding hydrogens is 248 g/mol. The summed E-state index contributed by atoms with van der Waals surface area (Å²) in [6.45, 7) is 11.2. The van der Waals surface area contributed by atoms with E-state index < -0.39 is 0 Å². The molecule has 1 aliphatic rings. The van der Waals surface area contributed by atoms with Gasteiger partial charge in [-0.1, -0.05) is 26.7 Å². The number of nitrogens with zero attached hydrogens (tertiary/aromatic N) is 1. The van der Waals surface area contributed by atoms with Gasteiger partial charge in [-0.3, -0.25) is 4.79 Å². The Hall–Kier alpha value is -0.570. The third-order valence-electron chi connectivity index (χ3n) is 4.48. The summed E-state index contributed by atoms with van der Waals surface area (Å²) in [6, 6.07) is 0.636. The summed E-state index contributed by atoms with van der Waals surface area (Å²) in [7, 11) is 0. The van der Waals surface area contributed by atoms with Crippen molar-refractivity contribution < 1.29 is 4.79 Å². The quantitative estimate of drug-likeness (QED) is 0.739. The average Bonchev–Trinajstić information content (AvgIpc) is 2.40. The molecule has 3 heteroatoms. The van der Waals surface area contributed by atoms with Crippen molar-refractivity contribution in [3.05, 3.63) is 0 Å². The summed E-state index contributed by atoms with van der Waals surface area (Å²) in [5.74, 6) is 1.99. The Kier molecular flexibility index (Phi) is 8.20. The third-order valence-corrected chi connectivity index (χ3v) is 4.48. The second-order valence-electron chi connectivity index (χ2n) is 6.63. The van der Waals surface area contributed by atoms with Crippen molar-refractivity contribution in [2.45, 2.75) is 72.3 Å². The number of hydrogen-bond acceptors (Lipinski definition) is 2. The molecule has 0 saturated heterocycles. The van der Waals surface area contributed by atoms with Gasteiger partial charge < -0.3 is 10.2 Å². The van der Waals surface area contributed by atoms with Crippen LogP contribution in [0.15, 0.2) is 0 Å². The van der Waals surface area contributed by atoms with Crippen LogP contribution in [0.5, 0.6) is 0 Å². The Bertz CT molecular complexity index is 274. The lowest BCUT2D eigenvalue weighted by Gasteiger charge is -2.31. The fourth-order valence-electron chi connectivity index (χ4n) is 3.47. The highest BCUT2D eigenvalue weighted by molar-refractivity contribution is 5.76. The van der Waals surface area contributed by atoms with Crippen molar-refractivity contribution in [3.63, 3.8) is 0 Å². The molecule has 0 heterocycles. The van der Waals surface area contributed by atoms with Crippen LogP contribution in [0.1, 0.15) is 66.2 Å². The normalized spacial score (nSPS) is 23.1. The number of carbonyl (C=O) groups is 1. The van der Waals surface area contributed by atoms with Crippen LogP contribution in [0, 0.1) is 11.8 Å². The summed E-state index contributed by atoms with van der Waals surface area (Å²) in [5.41, 5.74) is 0. The lowest BCUT2D eigenvalue weighted by molar-refractivity contribution is -0.130. The lowest BCUT2D eigenvalue weighted by Crippen LogP contribution is -2.38. The Morgan fingerprint density at radius 1 is 1.25 bits per heavy atom. The first-order valence-corrected chi connectivity index (χ1v) is 8.57. The standard InChI is InChI=1S/C17H34N2O/c1-5-19(6-2)17(20)10-11-18-16-9-7-8-15(13-16)12-14(3)4/h14-16,18H,5-13H2,1-4H3. The maximum absolute atomic E-state index is 11.9. The zero-order chi connectivity index (χ0) is 15.0. The molecule has 1 rings (SSSR count). The fraction of sp³-hybridized carbons (Fsp3) is 0.941. The zero-order valence-electron chi connectivity index (χ0n) is 14.0. The second kappa shape index (κ2) is 9.38. The van der Waals surface area contributed by atoms with E-state index in [2.05, 4.69) is 19.2 Å². The predicted octanol–water partition coefficient (Wildman–Crippen LogP) is 3.44. The van der Waals surface area contributed by atoms with E-state index >= 15 is 0 Å². The van der Waals surface area contributed by atoms with Crippen LogP contribution < -0.4 is 5.32 Å². The van der Waals surface area contributed by atoms with Crippen LogP contribution in [0.25, 0.3) is 0 Å². The van der Waals surface area contributed by atoms with Gasteiger partial charge in [0, 0.05) is 32.1 Å². The van der Waals surface area contributed by atoms with E-state index in [4.69, 9.17) is 0 Å². The van der Waals surface area contributed by atoms with Gasteiger partial charge in [0.2, 0.25) is 5.91 Å². The first-order valence-electron chi connectivity index (χ1n) is 8.57. The van der Waals surface area contributed by atoms with E-state index in [-0.39, 0.29) is 5.91 Å². The Labute approximate surface area is 125 Å². The molecule has 0 aromatic rings. The Balaban J connectivity index is 2.22. The van der Waals surface area contributed by atoms with Crippen LogP contribution in [-0.2, 0) is 4.79 Å². The van der Waals surface area contributed by atoms with Gasteiger partial charge in [-0.25, -0.2) is 0 Å². The van der Waals surface area contributed by atoms with Gasteiger partial charge >= 0.3 is 0 Å². The van der Waals surface area contributed by atoms with Gasteiger partial charge in [-0.05, 0) is 44.9 Å². The molecule has 3 nitrogen and oxygen atoms in total. The molecule has 1 amide bonds. The molecule has 1 saturated carbocycles. The maximum Gasteiger partial charge on any atom is 0.223 e. The van der Waals surface area contributed by atoms with Gasteiger partial charge in [0.25, 0.3) is 0 Å². The minimum absolute atomic E-state index is 0.289. The van der Waals surface area contributed by atoms with Crippen LogP contribution in [0.3, 0.4) is 0 Å². The highest BCUT2D eigenvalue weighted by atomic mass is 16.2. The summed E-state index contributed by atoms with van der Waals surface area (Å²) in [4.78, 5) is 13.9. The van der Waals surface area contributed by atoms with Gasteiger partial charge in [-0.2, -0.15) is 0 Å². The number of nitrogens with one attached hydrogen (secondary N) is 1. The molecule has 0 spiro atoms. The summed E-state index contributed by atoms with van der Waals surface area (Å²) in [6.07, 6.45) is 7.34. The highest BCUT2D eigenvalue weighted by Crippen LogP contribution is 2.29. The van der Waals surface area contributed by atoms with Crippen LogP contribution in [-0.4, -0.2) is 36.5 Å². The number of carbonyl (C=O) groups excluding carboxylic acids is 1. The lowest BCUT2D eigenvalue weighted by atomic mass is 9.81. The number of hydrogen-bond donors (Lipinski definition) is 1. The van der Waals surface area contributed by atoms with Gasteiger partial charge in [-0.15, -0.1) is 0 Å². The van der Waals surface area contributed by atoms with Crippen LogP contribution in [0.2, 0.25) is 0 Å². The Morgan fingerprint density at radius 3 is 2.55 bits per heavy atom. The molecule has 0 aromatic carbocycles. The third kappa shape index (κ3) is 6.25. The fourth-order valence-corrected chi connectivity index (χ4v) is 3.47. The maximum atomic E-state index is 11.9. The molecule has 0 aliphatic heterocycles. The molecule has 0 bridgehead atoms. The first-order chi connectivity index (χ1) is 9.56. The predicted molar refractivity (Wildman–Crippen MR) is 85.7 cm³/mol. The van der Waals surface area contributed by atoms with Gasteiger partial charge in [0.1, 0.15) is 0 Å². The van der Waals surface area contributed by atoms with E-state index in [1.807, 2.05) is 18.7 Å². The molecule has 0 aromatic heterocycles. The summed E-state index contributed by atoms with van der Waals surface area (Å²) in [5, 5.41) is 3.61. The molecule has 2 unspecified atom stereocenters. The SMILES string of the molecule is CCN(CC)C(=O)CCNC1CCCC(CC(C)C)C1. The van der Waals surface area contributed by atoms with E-state index in [9.17, 15) is 4.79 Å². The number of rotatable bonds is 8. The highest BCUT2D eigenvalue weighted by Gasteiger charge is 2.22. The average molecular weight is 282 g/mol. The molecule has 2 atom stereocenters. The number of amides is 1. The van der Waals surface area contributed by atoms with Crippen molar-refractivity contribution >= 4 is 5.91 Å². The topological polar surface area (TPSA) is 32.3 Å². The molecule has 20 heavy (non-hydrogen) atoms. The minimum Gasteiger partial charge on any atom is -0.343 e. The van der Waals surface area contributed by atoms with E-state index in [1.54, 1.807) is 0 Å². The molecule has 1 aliphatic carbocycles. The second-order valence-corrected chi connectivity index (χ2v) is 6.63. The molecule has 1 fully saturated rings. The van der Waals surface area contributed by atoms with Crippen molar-refractivity contribution in [2.24, 2.45) is 11.8 Å². The van der Waals surface area contributed by atoms with Crippen LogP contribution in [0.4, 0.5) is 0 Å². The molecule has 1 N–H and O–H groups in total. The van der Waals surface area contributed by atoms with Crippen molar-refractivity contribution in [1.82, 2.24) is 10.2 Å². The smallest absolute Gasteiger partial charge is 0.223 e. The Morgan fingerprint density at radius 2 is 1.95 bits per heavy atom. The van der Waals surface area contributed by atoms with Gasteiger partial charge in [0.05, 0.1) is 0 Å². The monoisotopic (exact) mass is 282 g/mol. The summed E-state index contributed by atoms with van der Waals surface area (Å²) < 4.78 is 0.